The molecule has 2 amide bonds. The Morgan fingerprint density at radius 3 is 2.41 bits per heavy atom. The zero-order valence-electron chi connectivity index (χ0n) is 23.9. The fourth-order valence-corrected chi connectivity index (χ4v) is 5.82. The Balaban J connectivity index is 1.70. The largest absolute Gasteiger partial charge is 0.397 e. The van der Waals surface area contributed by atoms with E-state index in [9.17, 15) is 9.59 Å². The number of ether oxygens (including phenoxy) is 2. The maximum atomic E-state index is 13.1. The zero-order valence-corrected chi connectivity index (χ0v) is 25.6. The Kier molecular flexibility index (Phi) is 10.1. The topological polar surface area (TPSA) is 132 Å². The van der Waals surface area contributed by atoms with E-state index in [-0.39, 0.29) is 18.4 Å². The van der Waals surface area contributed by atoms with Gasteiger partial charge in [0.05, 0.1) is 41.4 Å². The molecule has 0 aliphatic carbocycles. The number of nitrogens with zero attached hydrogens (tertiary/aromatic N) is 3. The van der Waals surface area contributed by atoms with Crippen LogP contribution in [0, 0.1) is 0 Å². The number of anilines is 2. The maximum Gasteiger partial charge on any atom is 0.263 e. The number of nitrogen functional groups attached to an aromatic ring is 1. The van der Waals surface area contributed by atoms with Crippen molar-refractivity contribution in [3.63, 3.8) is 0 Å². The van der Waals surface area contributed by atoms with Gasteiger partial charge in [0.15, 0.2) is 5.82 Å². The van der Waals surface area contributed by atoms with Crippen LogP contribution in [0.1, 0.15) is 30.4 Å². The predicted octanol–water partition coefficient (Wildman–Crippen LogP) is 4.73. The molecule has 4 aromatic rings. The van der Waals surface area contributed by atoms with Crippen molar-refractivity contribution >= 4 is 56.1 Å². The molecule has 3 aromatic heterocycles. The fourth-order valence-electron chi connectivity index (χ4n) is 4.17. The maximum absolute atomic E-state index is 13.1. The van der Waals surface area contributed by atoms with E-state index in [1.807, 2.05) is 67.4 Å². The quantitative estimate of drug-likeness (QED) is 0.214. The van der Waals surface area contributed by atoms with Gasteiger partial charge in [0.1, 0.15) is 9.71 Å². The molecule has 3 heterocycles. The van der Waals surface area contributed by atoms with Gasteiger partial charge in [-0.05, 0) is 44.4 Å². The highest BCUT2D eigenvalue weighted by Gasteiger charge is 2.25. The Bertz CT molecular complexity index is 1490. The predicted molar refractivity (Wildman–Crippen MR) is 167 cm³/mol. The number of hydrogen-bond acceptors (Lipinski definition) is 10. The Labute approximate surface area is 247 Å². The van der Waals surface area contributed by atoms with Gasteiger partial charge in [-0.1, -0.05) is 18.2 Å². The smallest absolute Gasteiger partial charge is 0.263 e. The van der Waals surface area contributed by atoms with E-state index in [0.717, 1.165) is 10.4 Å². The summed E-state index contributed by atoms with van der Waals surface area (Å²) in [5, 5.41) is 8.56. The number of carbonyl (C=O) groups excluding carboxylic acids is 2. The standard InChI is InChI=1S/C29H36N6O4S2/c1-29(2,3)34-27(37)25-23(30)22-24(32-26(33-28(22)41-25)20-10-7-15-40-20)18-8-6-9-19(16-18)31-21(36)17-35(11-13-38-4)12-14-39-5/h6-10,15-16H,11-14,17,30H2,1-5H3,(H,31,36)(H,34,37). The monoisotopic (exact) mass is 596 g/mol. The highest BCUT2D eigenvalue weighted by molar-refractivity contribution is 7.21. The van der Waals surface area contributed by atoms with E-state index in [4.69, 9.17) is 25.2 Å². The first-order valence-corrected chi connectivity index (χ1v) is 14.9. The van der Waals surface area contributed by atoms with Crippen LogP contribution in [0.2, 0.25) is 0 Å². The lowest BCUT2D eigenvalue weighted by atomic mass is 10.1. The van der Waals surface area contributed by atoms with Crippen molar-refractivity contribution in [2.75, 3.05) is 58.1 Å². The van der Waals surface area contributed by atoms with Gasteiger partial charge in [-0.2, -0.15) is 0 Å². The summed E-state index contributed by atoms with van der Waals surface area (Å²) in [5.41, 5.74) is 8.47. The van der Waals surface area contributed by atoms with Crippen LogP contribution < -0.4 is 16.4 Å². The van der Waals surface area contributed by atoms with Gasteiger partial charge in [-0.15, -0.1) is 22.7 Å². The number of thiophene rings is 2. The molecule has 0 atom stereocenters. The highest BCUT2D eigenvalue weighted by Crippen LogP contribution is 2.40. The number of hydrogen-bond donors (Lipinski definition) is 3. The molecule has 0 saturated heterocycles. The number of fused-ring (bicyclic) bond motifs is 1. The highest BCUT2D eigenvalue weighted by atomic mass is 32.1. The summed E-state index contributed by atoms with van der Waals surface area (Å²) < 4.78 is 10.4. The molecule has 0 unspecified atom stereocenters. The van der Waals surface area contributed by atoms with Crippen LogP contribution in [0.15, 0.2) is 41.8 Å². The molecule has 0 aliphatic heterocycles. The molecule has 218 valence electrons. The third kappa shape index (κ3) is 7.86. The minimum Gasteiger partial charge on any atom is -0.397 e. The van der Waals surface area contributed by atoms with Crippen LogP contribution >= 0.6 is 22.7 Å². The lowest BCUT2D eigenvalue weighted by Gasteiger charge is -2.21. The zero-order chi connectivity index (χ0) is 29.6. The second-order valence-corrected chi connectivity index (χ2v) is 12.4. The second kappa shape index (κ2) is 13.5. The molecule has 0 saturated carbocycles. The summed E-state index contributed by atoms with van der Waals surface area (Å²) in [6.45, 7) is 8.21. The molecule has 41 heavy (non-hydrogen) atoms. The second-order valence-electron chi connectivity index (χ2n) is 10.5. The van der Waals surface area contributed by atoms with Gasteiger partial charge in [-0.3, -0.25) is 14.5 Å². The van der Waals surface area contributed by atoms with E-state index < -0.39 is 5.54 Å². The van der Waals surface area contributed by atoms with E-state index in [1.165, 1.54) is 22.7 Å². The third-order valence-electron chi connectivity index (χ3n) is 6.04. The third-order valence-corrected chi connectivity index (χ3v) is 8.00. The number of benzene rings is 1. The Morgan fingerprint density at radius 2 is 1.78 bits per heavy atom. The summed E-state index contributed by atoms with van der Waals surface area (Å²) in [4.78, 5) is 39.6. The molecule has 10 nitrogen and oxygen atoms in total. The normalized spacial score (nSPS) is 11.8. The fraction of sp³-hybridized carbons (Fsp3) is 0.379. The number of amides is 2. The van der Waals surface area contributed by atoms with Crippen LogP contribution in [0.4, 0.5) is 11.4 Å². The molecule has 1 aromatic carbocycles. The van der Waals surface area contributed by atoms with Gasteiger partial charge in [-0.25, -0.2) is 9.97 Å². The van der Waals surface area contributed by atoms with Crippen molar-refractivity contribution < 1.29 is 19.1 Å². The molecule has 0 bridgehead atoms. The molecular weight excluding hydrogens is 560 g/mol. The first kappa shape index (κ1) is 30.5. The minimum absolute atomic E-state index is 0.155. The molecule has 0 aliphatic rings. The summed E-state index contributed by atoms with van der Waals surface area (Å²) in [6.07, 6.45) is 0. The van der Waals surface area contributed by atoms with Crippen LogP contribution in [-0.2, 0) is 14.3 Å². The number of methoxy groups -OCH3 is 2. The molecule has 0 spiro atoms. The van der Waals surface area contributed by atoms with Gasteiger partial charge in [0.25, 0.3) is 5.91 Å². The molecule has 0 fully saturated rings. The van der Waals surface area contributed by atoms with Crippen LogP contribution in [0.5, 0.6) is 0 Å². The lowest BCUT2D eigenvalue weighted by molar-refractivity contribution is -0.117. The number of nitrogens with one attached hydrogen (secondary N) is 2. The van der Waals surface area contributed by atoms with Crippen molar-refractivity contribution in [1.29, 1.82) is 0 Å². The number of nitrogens with two attached hydrogens (primary N) is 1. The van der Waals surface area contributed by atoms with Crippen LogP contribution in [0.25, 0.3) is 32.2 Å². The van der Waals surface area contributed by atoms with Gasteiger partial charge in [0, 0.05) is 44.1 Å². The van der Waals surface area contributed by atoms with Crippen molar-refractivity contribution in [2.45, 2.75) is 26.3 Å². The van der Waals surface area contributed by atoms with Crippen molar-refractivity contribution in [1.82, 2.24) is 20.2 Å². The molecule has 0 radical (unpaired) electrons. The summed E-state index contributed by atoms with van der Waals surface area (Å²) in [7, 11) is 3.27. The van der Waals surface area contributed by atoms with Gasteiger partial charge in [0.2, 0.25) is 5.91 Å². The van der Waals surface area contributed by atoms with Crippen molar-refractivity contribution in [3.05, 3.63) is 46.7 Å². The van der Waals surface area contributed by atoms with Crippen LogP contribution in [0.3, 0.4) is 0 Å². The molecular formula is C29H36N6O4S2. The summed E-state index contributed by atoms with van der Waals surface area (Å²) in [5.74, 6) is 0.139. The van der Waals surface area contributed by atoms with Crippen LogP contribution in [-0.4, -0.2) is 79.3 Å². The number of rotatable bonds is 12. The Morgan fingerprint density at radius 1 is 1.05 bits per heavy atom. The van der Waals surface area contributed by atoms with E-state index in [0.29, 0.717) is 64.3 Å². The molecule has 12 heteroatoms. The Hall–Kier alpha value is -3.42. The van der Waals surface area contributed by atoms with Crippen molar-refractivity contribution in [3.8, 4) is 22.0 Å². The summed E-state index contributed by atoms with van der Waals surface area (Å²) >= 11 is 2.78. The van der Waals surface area contributed by atoms with Crippen molar-refractivity contribution in [2.24, 2.45) is 0 Å². The van der Waals surface area contributed by atoms with E-state index in [2.05, 4.69) is 10.6 Å². The first-order valence-electron chi connectivity index (χ1n) is 13.2. The average Bonchev–Trinajstić information content (AvgIpc) is 3.57. The van der Waals surface area contributed by atoms with E-state index >= 15 is 0 Å². The minimum atomic E-state index is -0.425. The van der Waals surface area contributed by atoms with E-state index in [1.54, 1.807) is 14.2 Å². The first-order chi connectivity index (χ1) is 19.6. The van der Waals surface area contributed by atoms with Gasteiger partial charge >= 0.3 is 0 Å². The van der Waals surface area contributed by atoms with Gasteiger partial charge < -0.3 is 25.8 Å². The number of carbonyl (C=O) groups is 2. The summed E-state index contributed by atoms with van der Waals surface area (Å²) in [6, 6.07) is 11.3. The molecule has 4 N–H and O–H groups in total. The average molecular weight is 597 g/mol. The molecule has 4 rings (SSSR count). The number of aromatic nitrogens is 2. The lowest BCUT2D eigenvalue weighted by Crippen LogP contribution is -2.40. The SMILES string of the molecule is COCCN(CCOC)CC(=O)Nc1cccc(-c2nc(-c3cccs3)nc3sc(C(=O)NC(C)(C)C)c(N)c23)c1.